The molecule has 0 heterocycles. The smallest absolute Gasteiger partial charge is 0.0247 e. The van der Waals surface area contributed by atoms with Gasteiger partial charge in [0.1, 0.15) is 0 Å². The number of benzene rings is 1. The first kappa shape index (κ1) is 9.00. The molecule has 0 atom stereocenters. The van der Waals surface area contributed by atoms with Crippen LogP contribution >= 0.6 is 22.6 Å². The van der Waals surface area contributed by atoms with Gasteiger partial charge in [-0.05, 0) is 24.1 Å². The molecule has 0 amide bonds. The molecule has 0 fully saturated rings. The maximum atomic E-state index is 5.45. The average Bonchev–Trinajstić information content (AvgIpc) is 2.06. The van der Waals surface area contributed by atoms with Gasteiger partial charge in [0, 0.05) is 4.43 Å². The zero-order chi connectivity index (χ0) is 8.10. The van der Waals surface area contributed by atoms with Crippen LogP contribution in [0.15, 0.2) is 24.3 Å². The highest BCUT2D eigenvalue weighted by atomic mass is 127. The van der Waals surface area contributed by atoms with Gasteiger partial charge in [0.25, 0.3) is 0 Å². The van der Waals surface area contributed by atoms with Gasteiger partial charge in [0.2, 0.25) is 0 Å². The van der Waals surface area contributed by atoms with Crippen molar-refractivity contribution in [3.8, 4) is 0 Å². The summed E-state index contributed by atoms with van der Waals surface area (Å²) in [6.45, 7) is 0.741. The van der Waals surface area contributed by atoms with Crippen LogP contribution in [0.4, 0.5) is 0 Å². The maximum Gasteiger partial charge on any atom is 0.0247 e. The first-order chi connectivity index (χ1) is 5.36. The van der Waals surface area contributed by atoms with Gasteiger partial charge in [-0.25, -0.2) is 0 Å². The van der Waals surface area contributed by atoms with Gasteiger partial charge in [-0.2, -0.15) is 0 Å². The zero-order valence-corrected chi connectivity index (χ0v) is 8.54. The van der Waals surface area contributed by atoms with E-state index in [9.17, 15) is 0 Å². The van der Waals surface area contributed by atoms with Crippen molar-refractivity contribution in [3.05, 3.63) is 35.4 Å². The lowest BCUT2D eigenvalue weighted by Crippen LogP contribution is -2.02. The Balaban J connectivity index is 2.74. The maximum absolute atomic E-state index is 5.45. The van der Waals surface area contributed by atoms with E-state index in [4.69, 9.17) is 5.73 Å². The van der Waals surface area contributed by atoms with Crippen LogP contribution in [0.5, 0.6) is 0 Å². The summed E-state index contributed by atoms with van der Waals surface area (Å²) in [6.07, 6.45) is 0.991. The Labute approximate surface area is 81.1 Å². The van der Waals surface area contributed by atoms with Gasteiger partial charge in [0.15, 0.2) is 0 Å². The largest absolute Gasteiger partial charge is 0.330 e. The SMILES string of the molecule is NCCc1cccc(CI)c1. The second-order valence-corrected chi connectivity index (χ2v) is 3.26. The molecule has 0 saturated carbocycles. The standard InChI is InChI=1S/C9H12IN/c10-7-9-3-1-2-8(6-9)4-5-11/h1-3,6H,4-5,7,11H2. The highest BCUT2D eigenvalue weighted by Crippen LogP contribution is 2.08. The van der Waals surface area contributed by atoms with Crippen molar-refractivity contribution in [1.82, 2.24) is 0 Å². The van der Waals surface area contributed by atoms with Gasteiger partial charge in [-0.3, -0.25) is 0 Å². The molecular weight excluding hydrogens is 249 g/mol. The van der Waals surface area contributed by atoms with Crippen molar-refractivity contribution in [2.75, 3.05) is 6.54 Å². The third-order valence-corrected chi connectivity index (χ3v) is 2.46. The minimum atomic E-state index is 0.741. The Morgan fingerprint density at radius 3 is 2.64 bits per heavy atom. The predicted molar refractivity (Wildman–Crippen MR) is 56.9 cm³/mol. The number of nitrogens with two attached hydrogens (primary N) is 1. The van der Waals surface area contributed by atoms with Gasteiger partial charge < -0.3 is 5.73 Å². The van der Waals surface area contributed by atoms with Crippen LogP contribution in [-0.4, -0.2) is 6.54 Å². The molecule has 0 bridgehead atoms. The monoisotopic (exact) mass is 261 g/mol. The fourth-order valence-electron chi connectivity index (χ4n) is 1.03. The Hall–Kier alpha value is -0.0900. The van der Waals surface area contributed by atoms with E-state index in [1.54, 1.807) is 0 Å². The molecule has 2 N–H and O–H groups in total. The van der Waals surface area contributed by atoms with E-state index in [1.165, 1.54) is 11.1 Å². The average molecular weight is 261 g/mol. The molecule has 1 rings (SSSR count). The van der Waals surface area contributed by atoms with E-state index >= 15 is 0 Å². The lowest BCUT2D eigenvalue weighted by Gasteiger charge is -2.00. The normalized spacial score (nSPS) is 10.0. The van der Waals surface area contributed by atoms with Crippen LogP contribution < -0.4 is 5.73 Å². The van der Waals surface area contributed by atoms with Crippen molar-refractivity contribution in [2.24, 2.45) is 5.73 Å². The van der Waals surface area contributed by atoms with E-state index in [0.29, 0.717) is 0 Å². The summed E-state index contributed by atoms with van der Waals surface area (Å²) in [7, 11) is 0. The number of hydrogen-bond acceptors (Lipinski definition) is 1. The third kappa shape index (κ3) is 2.79. The Morgan fingerprint density at radius 2 is 2.00 bits per heavy atom. The fourth-order valence-corrected chi connectivity index (χ4v) is 1.51. The van der Waals surface area contributed by atoms with Crippen LogP contribution in [0.1, 0.15) is 11.1 Å². The molecule has 0 aromatic heterocycles. The summed E-state index contributed by atoms with van der Waals surface area (Å²) in [5.41, 5.74) is 8.18. The van der Waals surface area contributed by atoms with Crippen molar-refractivity contribution in [2.45, 2.75) is 10.8 Å². The zero-order valence-electron chi connectivity index (χ0n) is 6.39. The molecule has 0 spiro atoms. The summed E-state index contributed by atoms with van der Waals surface area (Å²) in [4.78, 5) is 0. The molecule has 0 saturated heterocycles. The van der Waals surface area contributed by atoms with Crippen molar-refractivity contribution in [3.63, 3.8) is 0 Å². The van der Waals surface area contributed by atoms with E-state index in [-0.39, 0.29) is 0 Å². The molecule has 1 nitrogen and oxygen atoms in total. The number of rotatable bonds is 3. The van der Waals surface area contributed by atoms with Crippen LogP contribution in [0.25, 0.3) is 0 Å². The van der Waals surface area contributed by atoms with E-state index in [0.717, 1.165) is 17.4 Å². The van der Waals surface area contributed by atoms with Crippen molar-refractivity contribution < 1.29 is 0 Å². The molecule has 60 valence electrons. The first-order valence-electron chi connectivity index (χ1n) is 3.70. The van der Waals surface area contributed by atoms with Gasteiger partial charge in [0.05, 0.1) is 0 Å². The van der Waals surface area contributed by atoms with Crippen molar-refractivity contribution >= 4 is 22.6 Å². The molecule has 11 heavy (non-hydrogen) atoms. The van der Waals surface area contributed by atoms with Gasteiger partial charge >= 0.3 is 0 Å². The van der Waals surface area contributed by atoms with E-state index < -0.39 is 0 Å². The van der Waals surface area contributed by atoms with Crippen molar-refractivity contribution in [1.29, 1.82) is 0 Å². The molecule has 0 unspecified atom stereocenters. The quantitative estimate of drug-likeness (QED) is 0.654. The Morgan fingerprint density at radius 1 is 1.27 bits per heavy atom. The molecule has 1 aromatic rings. The molecule has 0 aliphatic heterocycles. The minimum Gasteiger partial charge on any atom is -0.330 e. The van der Waals surface area contributed by atoms with Crippen LogP contribution in [0.3, 0.4) is 0 Å². The lowest BCUT2D eigenvalue weighted by atomic mass is 10.1. The first-order valence-corrected chi connectivity index (χ1v) is 5.23. The molecule has 0 aliphatic carbocycles. The van der Waals surface area contributed by atoms with Gasteiger partial charge in [-0.1, -0.05) is 46.9 Å². The third-order valence-electron chi connectivity index (χ3n) is 1.58. The lowest BCUT2D eigenvalue weighted by molar-refractivity contribution is 0.966. The highest BCUT2D eigenvalue weighted by Gasteiger charge is 1.92. The summed E-state index contributed by atoms with van der Waals surface area (Å²) in [5, 5.41) is 0. The van der Waals surface area contributed by atoms with Crippen LogP contribution in [-0.2, 0) is 10.8 Å². The van der Waals surface area contributed by atoms with E-state index in [1.807, 2.05) is 0 Å². The highest BCUT2D eigenvalue weighted by molar-refractivity contribution is 14.1. The summed E-state index contributed by atoms with van der Waals surface area (Å²) in [6, 6.07) is 8.59. The number of alkyl halides is 1. The summed E-state index contributed by atoms with van der Waals surface area (Å²) < 4.78 is 1.08. The predicted octanol–water partition coefficient (Wildman–Crippen LogP) is 2.12. The summed E-state index contributed by atoms with van der Waals surface area (Å²) in [5.74, 6) is 0. The molecule has 0 radical (unpaired) electrons. The molecule has 2 heteroatoms. The van der Waals surface area contributed by atoms with Gasteiger partial charge in [-0.15, -0.1) is 0 Å². The molecular formula is C9H12IN. The molecule has 0 aliphatic rings. The minimum absolute atomic E-state index is 0.741. The van der Waals surface area contributed by atoms with Crippen LogP contribution in [0, 0.1) is 0 Å². The number of hydrogen-bond donors (Lipinski definition) is 1. The Bertz CT molecular complexity index is 223. The Kier molecular flexibility index (Phi) is 3.86. The summed E-state index contributed by atoms with van der Waals surface area (Å²) >= 11 is 2.37. The fraction of sp³-hybridized carbons (Fsp3) is 0.333. The van der Waals surface area contributed by atoms with E-state index in [2.05, 4.69) is 46.9 Å². The topological polar surface area (TPSA) is 26.0 Å². The molecule has 1 aromatic carbocycles. The second kappa shape index (κ2) is 4.72. The second-order valence-electron chi connectivity index (χ2n) is 2.49. The number of halogens is 1. The van der Waals surface area contributed by atoms with Crippen LogP contribution in [0.2, 0.25) is 0 Å².